The third-order valence-corrected chi connectivity index (χ3v) is 4.19. The lowest BCUT2D eigenvalue weighted by molar-refractivity contribution is 0.0944. The summed E-state index contributed by atoms with van der Waals surface area (Å²) in [6.45, 7) is 9.84. The van der Waals surface area contributed by atoms with Gasteiger partial charge in [0, 0.05) is 45.0 Å². The van der Waals surface area contributed by atoms with Gasteiger partial charge in [-0.2, -0.15) is 5.26 Å². The van der Waals surface area contributed by atoms with E-state index in [0.29, 0.717) is 17.7 Å². The summed E-state index contributed by atoms with van der Waals surface area (Å²) in [5.74, 6) is 0.572. The minimum Gasteiger partial charge on any atom is -0.381 e. The van der Waals surface area contributed by atoms with E-state index in [-0.39, 0.29) is 0 Å². The van der Waals surface area contributed by atoms with Crippen LogP contribution < -0.4 is 5.32 Å². The van der Waals surface area contributed by atoms with Gasteiger partial charge in [-0.1, -0.05) is 13.8 Å². The van der Waals surface area contributed by atoms with Gasteiger partial charge in [-0.3, -0.25) is 4.90 Å². The highest BCUT2D eigenvalue weighted by atomic mass is 15.3. The lowest BCUT2D eigenvalue weighted by Gasteiger charge is -2.40. The van der Waals surface area contributed by atoms with E-state index in [4.69, 9.17) is 5.26 Å². The fraction of sp³-hybridized carbons (Fsp3) is 0.625. The predicted octanol–water partition coefficient (Wildman–Crippen LogP) is 1.64. The number of piperazine rings is 1. The largest absolute Gasteiger partial charge is 0.381 e. The van der Waals surface area contributed by atoms with Crippen molar-refractivity contribution in [3.8, 4) is 6.07 Å². The van der Waals surface area contributed by atoms with E-state index in [9.17, 15) is 0 Å². The van der Waals surface area contributed by atoms with Gasteiger partial charge in [0.15, 0.2) is 5.69 Å². The van der Waals surface area contributed by atoms with Crippen molar-refractivity contribution in [2.24, 2.45) is 5.92 Å². The minimum absolute atomic E-state index is 0.471. The molecule has 2 heterocycles. The first-order chi connectivity index (χ1) is 10.1. The van der Waals surface area contributed by atoms with Gasteiger partial charge in [-0.15, -0.1) is 0 Å². The topological polar surface area (TPSA) is 55.2 Å². The number of pyridine rings is 1. The summed E-state index contributed by atoms with van der Waals surface area (Å²) in [6.07, 6.45) is 1.66. The third kappa shape index (κ3) is 4.16. The summed E-state index contributed by atoms with van der Waals surface area (Å²) in [7, 11) is 2.18. The number of nitriles is 1. The molecule has 1 atom stereocenters. The number of likely N-dealkylation sites (N-methyl/N-ethyl adjacent to an activating group) is 1. The van der Waals surface area contributed by atoms with Gasteiger partial charge in [0.2, 0.25) is 0 Å². The third-order valence-electron chi connectivity index (χ3n) is 4.19. The van der Waals surface area contributed by atoms with Crippen molar-refractivity contribution in [1.82, 2.24) is 14.8 Å². The van der Waals surface area contributed by atoms with Crippen LogP contribution in [0.15, 0.2) is 18.3 Å². The number of hydrogen-bond donors (Lipinski definition) is 1. The smallest absolute Gasteiger partial charge is 0.163 e. The van der Waals surface area contributed by atoms with Crippen LogP contribution in [0.1, 0.15) is 19.5 Å². The quantitative estimate of drug-likeness (QED) is 0.892. The molecule has 1 unspecified atom stereocenters. The Bertz CT molecular complexity index is 486. The van der Waals surface area contributed by atoms with E-state index >= 15 is 0 Å². The van der Waals surface area contributed by atoms with Crippen LogP contribution in [0.5, 0.6) is 0 Å². The van der Waals surface area contributed by atoms with Crippen LogP contribution in [0.3, 0.4) is 0 Å². The highest BCUT2D eigenvalue weighted by Crippen LogP contribution is 2.16. The highest BCUT2D eigenvalue weighted by Gasteiger charge is 2.24. The monoisotopic (exact) mass is 287 g/mol. The zero-order valence-electron chi connectivity index (χ0n) is 13.2. The summed E-state index contributed by atoms with van der Waals surface area (Å²) < 4.78 is 0. The highest BCUT2D eigenvalue weighted by molar-refractivity contribution is 5.53. The first kappa shape index (κ1) is 15.7. The molecule has 0 bridgehead atoms. The van der Waals surface area contributed by atoms with Crippen LogP contribution in [0.25, 0.3) is 0 Å². The average Bonchev–Trinajstić information content (AvgIpc) is 2.49. The van der Waals surface area contributed by atoms with E-state index in [1.165, 1.54) is 0 Å². The molecule has 0 aliphatic carbocycles. The van der Waals surface area contributed by atoms with Crippen molar-refractivity contribution in [3.05, 3.63) is 24.0 Å². The maximum atomic E-state index is 9.10. The van der Waals surface area contributed by atoms with Gasteiger partial charge < -0.3 is 10.2 Å². The van der Waals surface area contributed by atoms with Gasteiger partial charge in [-0.25, -0.2) is 4.98 Å². The molecule has 1 N–H and O–H groups in total. The number of nitrogens with one attached hydrogen (secondary N) is 1. The van der Waals surface area contributed by atoms with E-state index < -0.39 is 0 Å². The lowest BCUT2D eigenvalue weighted by Crippen LogP contribution is -2.52. The zero-order chi connectivity index (χ0) is 15.2. The van der Waals surface area contributed by atoms with Crippen LogP contribution in [-0.2, 0) is 0 Å². The molecule has 114 valence electrons. The van der Waals surface area contributed by atoms with Crippen LogP contribution in [0.4, 0.5) is 5.69 Å². The number of aromatic nitrogens is 1. The number of nitrogens with zero attached hydrogens (tertiary/aromatic N) is 4. The Balaban J connectivity index is 1.99. The minimum atomic E-state index is 0.471. The second kappa shape index (κ2) is 7.39. The molecule has 2 rings (SSSR count). The van der Waals surface area contributed by atoms with Crippen LogP contribution in [0.2, 0.25) is 0 Å². The fourth-order valence-electron chi connectivity index (χ4n) is 2.79. The SMILES string of the molecule is CC(C)C(CNc1cccnc1C#N)N1CCN(C)CC1. The molecule has 0 radical (unpaired) electrons. The molecule has 1 aromatic heterocycles. The number of hydrogen-bond acceptors (Lipinski definition) is 5. The van der Waals surface area contributed by atoms with Crippen molar-refractivity contribution in [2.75, 3.05) is 45.1 Å². The molecular weight excluding hydrogens is 262 g/mol. The Hall–Kier alpha value is -1.64. The van der Waals surface area contributed by atoms with E-state index in [2.05, 4.69) is 47.1 Å². The molecule has 1 aromatic rings. The number of anilines is 1. The zero-order valence-corrected chi connectivity index (χ0v) is 13.2. The Kier molecular flexibility index (Phi) is 5.54. The lowest BCUT2D eigenvalue weighted by atomic mass is 10.0. The van der Waals surface area contributed by atoms with Gasteiger partial charge in [0.1, 0.15) is 6.07 Å². The van der Waals surface area contributed by atoms with Gasteiger partial charge in [0.25, 0.3) is 0 Å². The second-order valence-electron chi connectivity index (χ2n) is 6.04. The average molecular weight is 287 g/mol. The molecule has 0 aromatic carbocycles. The molecule has 0 saturated carbocycles. The van der Waals surface area contributed by atoms with Crippen LogP contribution >= 0.6 is 0 Å². The van der Waals surface area contributed by atoms with Crippen molar-refractivity contribution >= 4 is 5.69 Å². The summed E-state index contributed by atoms with van der Waals surface area (Å²) in [5, 5.41) is 12.5. The number of rotatable bonds is 5. The molecule has 5 nitrogen and oxygen atoms in total. The van der Waals surface area contributed by atoms with Gasteiger partial charge in [0.05, 0.1) is 5.69 Å². The fourth-order valence-corrected chi connectivity index (χ4v) is 2.79. The molecule has 1 fully saturated rings. The first-order valence-electron chi connectivity index (χ1n) is 7.63. The molecule has 1 saturated heterocycles. The maximum Gasteiger partial charge on any atom is 0.163 e. The standard InChI is InChI=1S/C16H25N5/c1-13(2)16(21-9-7-20(3)8-10-21)12-19-14-5-4-6-18-15(14)11-17/h4-6,13,16,19H,7-10,12H2,1-3H3. The Morgan fingerprint density at radius 2 is 2.05 bits per heavy atom. The Labute approximate surface area is 127 Å². The summed E-state index contributed by atoms with van der Waals surface area (Å²) in [5.41, 5.74) is 1.30. The molecule has 1 aliphatic rings. The summed E-state index contributed by atoms with van der Waals surface area (Å²) >= 11 is 0. The molecular formula is C16H25N5. The molecule has 21 heavy (non-hydrogen) atoms. The molecule has 1 aliphatic heterocycles. The van der Waals surface area contributed by atoms with Crippen molar-refractivity contribution in [2.45, 2.75) is 19.9 Å². The van der Waals surface area contributed by atoms with Gasteiger partial charge in [-0.05, 0) is 25.1 Å². The van der Waals surface area contributed by atoms with Crippen LogP contribution in [-0.4, -0.2) is 60.6 Å². The summed E-state index contributed by atoms with van der Waals surface area (Å²) in [4.78, 5) is 9.03. The summed E-state index contributed by atoms with van der Waals surface area (Å²) in [6, 6.07) is 6.41. The van der Waals surface area contributed by atoms with Crippen molar-refractivity contribution in [1.29, 1.82) is 5.26 Å². The molecule has 0 amide bonds. The molecule has 5 heteroatoms. The Morgan fingerprint density at radius 3 is 2.67 bits per heavy atom. The predicted molar refractivity (Wildman–Crippen MR) is 85.1 cm³/mol. The van der Waals surface area contributed by atoms with Crippen molar-refractivity contribution in [3.63, 3.8) is 0 Å². The second-order valence-corrected chi connectivity index (χ2v) is 6.04. The van der Waals surface area contributed by atoms with E-state index in [0.717, 1.165) is 38.4 Å². The Morgan fingerprint density at radius 1 is 1.33 bits per heavy atom. The first-order valence-corrected chi connectivity index (χ1v) is 7.63. The van der Waals surface area contributed by atoms with E-state index in [1.54, 1.807) is 6.20 Å². The van der Waals surface area contributed by atoms with Crippen molar-refractivity contribution < 1.29 is 0 Å². The van der Waals surface area contributed by atoms with E-state index in [1.807, 2.05) is 12.1 Å². The van der Waals surface area contributed by atoms with Gasteiger partial charge >= 0.3 is 0 Å². The maximum absolute atomic E-state index is 9.10. The normalized spacial score (nSPS) is 18.4. The van der Waals surface area contributed by atoms with Crippen LogP contribution in [0, 0.1) is 17.2 Å². The molecule has 0 spiro atoms.